The molecule has 0 aliphatic rings. The fourth-order valence-corrected chi connectivity index (χ4v) is 2.11. The number of carbonyl (C=O) groups is 1. The first kappa shape index (κ1) is 14.2. The number of nitro benzene ring substituents is 1. The molecule has 1 aromatic heterocycles. The SMILES string of the molecule is CNc1nnc(C(=O)Nc2ccc(Cl)c([N+](=O)[O-])c2)s1. The Labute approximate surface area is 121 Å². The first-order valence-corrected chi connectivity index (χ1v) is 6.47. The molecule has 1 amide bonds. The Morgan fingerprint density at radius 2 is 2.20 bits per heavy atom. The third-order valence-corrected chi connectivity index (χ3v) is 3.49. The summed E-state index contributed by atoms with van der Waals surface area (Å²) in [5.74, 6) is -0.499. The zero-order valence-electron chi connectivity index (χ0n) is 10.1. The Kier molecular flexibility index (Phi) is 4.11. The Morgan fingerprint density at radius 1 is 1.45 bits per heavy atom. The molecule has 0 saturated heterocycles. The van der Waals surface area contributed by atoms with Gasteiger partial charge >= 0.3 is 0 Å². The average Bonchev–Trinajstić information content (AvgIpc) is 2.89. The van der Waals surface area contributed by atoms with Crippen LogP contribution in [0.3, 0.4) is 0 Å². The van der Waals surface area contributed by atoms with Crippen LogP contribution in [-0.2, 0) is 0 Å². The van der Waals surface area contributed by atoms with Gasteiger partial charge in [0.25, 0.3) is 11.6 Å². The fourth-order valence-electron chi connectivity index (χ4n) is 1.33. The quantitative estimate of drug-likeness (QED) is 0.662. The number of hydrogen-bond donors (Lipinski definition) is 2. The maximum Gasteiger partial charge on any atom is 0.289 e. The van der Waals surface area contributed by atoms with Crippen molar-refractivity contribution < 1.29 is 9.72 Å². The van der Waals surface area contributed by atoms with Crippen LogP contribution in [0.5, 0.6) is 0 Å². The van der Waals surface area contributed by atoms with Crippen molar-refractivity contribution in [2.75, 3.05) is 17.7 Å². The molecule has 0 saturated carbocycles. The van der Waals surface area contributed by atoms with Crippen LogP contribution in [0, 0.1) is 10.1 Å². The van der Waals surface area contributed by atoms with E-state index in [1.807, 2.05) is 0 Å². The molecule has 2 aromatic rings. The molecule has 8 nitrogen and oxygen atoms in total. The molecule has 0 unspecified atom stereocenters. The molecule has 0 bridgehead atoms. The van der Waals surface area contributed by atoms with Gasteiger partial charge in [0.15, 0.2) is 0 Å². The minimum absolute atomic E-state index is 0.00128. The molecule has 0 spiro atoms. The van der Waals surface area contributed by atoms with Crippen molar-refractivity contribution in [3.8, 4) is 0 Å². The minimum atomic E-state index is -0.623. The van der Waals surface area contributed by atoms with Gasteiger partial charge in [0, 0.05) is 18.8 Å². The van der Waals surface area contributed by atoms with E-state index in [2.05, 4.69) is 20.8 Å². The average molecular weight is 314 g/mol. The van der Waals surface area contributed by atoms with Crippen molar-refractivity contribution in [1.82, 2.24) is 10.2 Å². The summed E-state index contributed by atoms with van der Waals surface area (Å²) in [6, 6.07) is 3.99. The number of rotatable bonds is 4. The Bertz CT molecular complexity index is 675. The van der Waals surface area contributed by atoms with Crippen molar-refractivity contribution in [3.05, 3.63) is 38.3 Å². The first-order valence-electron chi connectivity index (χ1n) is 5.28. The lowest BCUT2D eigenvalue weighted by molar-refractivity contribution is -0.384. The van der Waals surface area contributed by atoms with E-state index in [-0.39, 0.29) is 21.4 Å². The third-order valence-electron chi connectivity index (χ3n) is 2.23. The van der Waals surface area contributed by atoms with Gasteiger partial charge in [-0.05, 0) is 12.1 Å². The number of anilines is 2. The fraction of sp³-hybridized carbons (Fsp3) is 0.100. The second-order valence-electron chi connectivity index (χ2n) is 3.54. The number of amides is 1. The highest BCUT2D eigenvalue weighted by Gasteiger charge is 2.16. The van der Waals surface area contributed by atoms with Gasteiger partial charge in [-0.1, -0.05) is 22.9 Å². The van der Waals surface area contributed by atoms with Gasteiger partial charge in [-0.25, -0.2) is 0 Å². The first-order chi connectivity index (χ1) is 9.51. The molecule has 0 atom stereocenters. The maximum atomic E-state index is 11.9. The van der Waals surface area contributed by atoms with Crippen molar-refractivity contribution in [3.63, 3.8) is 0 Å². The highest BCUT2D eigenvalue weighted by molar-refractivity contribution is 7.17. The van der Waals surface area contributed by atoms with Crippen molar-refractivity contribution >= 4 is 45.4 Å². The molecule has 2 N–H and O–H groups in total. The molecule has 2 rings (SSSR count). The summed E-state index contributed by atoms with van der Waals surface area (Å²) in [5.41, 5.74) is -0.0232. The highest BCUT2D eigenvalue weighted by atomic mass is 35.5. The number of carbonyl (C=O) groups excluding carboxylic acids is 1. The normalized spacial score (nSPS) is 10.1. The summed E-state index contributed by atoms with van der Waals surface area (Å²) in [5, 5.41) is 24.1. The number of aromatic nitrogens is 2. The highest BCUT2D eigenvalue weighted by Crippen LogP contribution is 2.27. The molecule has 10 heteroatoms. The standard InChI is InChI=1S/C10H8ClN5O3S/c1-12-10-15-14-9(20-10)8(17)13-5-2-3-6(11)7(4-5)16(18)19/h2-4H,1H3,(H,12,15)(H,13,17). The number of halogens is 1. The molecule has 1 heterocycles. The van der Waals surface area contributed by atoms with E-state index < -0.39 is 10.8 Å². The number of nitro groups is 1. The van der Waals surface area contributed by atoms with Crippen LogP contribution in [0.15, 0.2) is 18.2 Å². The van der Waals surface area contributed by atoms with Gasteiger partial charge in [-0.15, -0.1) is 10.2 Å². The summed E-state index contributed by atoms with van der Waals surface area (Å²) in [6.45, 7) is 0. The van der Waals surface area contributed by atoms with E-state index in [0.29, 0.717) is 5.13 Å². The smallest absolute Gasteiger partial charge is 0.289 e. The van der Waals surface area contributed by atoms with E-state index in [1.165, 1.54) is 18.2 Å². The predicted molar refractivity (Wildman–Crippen MR) is 75.5 cm³/mol. The van der Waals surface area contributed by atoms with E-state index >= 15 is 0 Å². The van der Waals surface area contributed by atoms with Gasteiger partial charge in [0.1, 0.15) is 5.02 Å². The number of nitrogens with zero attached hydrogens (tertiary/aromatic N) is 3. The van der Waals surface area contributed by atoms with Crippen molar-refractivity contribution in [2.45, 2.75) is 0 Å². The van der Waals surface area contributed by atoms with Crippen LogP contribution >= 0.6 is 22.9 Å². The molecule has 0 radical (unpaired) electrons. The van der Waals surface area contributed by atoms with Gasteiger partial charge in [-0.2, -0.15) is 0 Å². The molecular weight excluding hydrogens is 306 g/mol. The zero-order chi connectivity index (χ0) is 14.7. The second kappa shape index (κ2) is 5.80. The molecule has 1 aromatic carbocycles. The Hall–Kier alpha value is -2.26. The summed E-state index contributed by atoms with van der Waals surface area (Å²) in [6.07, 6.45) is 0. The second-order valence-corrected chi connectivity index (χ2v) is 4.92. The monoisotopic (exact) mass is 313 g/mol. The lowest BCUT2D eigenvalue weighted by atomic mass is 10.3. The van der Waals surface area contributed by atoms with Crippen LogP contribution in [0.4, 0.5) is 16.5 Å². The van der Waals surface area contributed by atoms with E-state index in [1.54, 1.807) is 7.05 Å². The van der Waals surface area contributed by atoms with E-state index in [0.717, 1.165) is 11.3 Å². The van der Waals surface area contributed by atoms with Crippen LogP contribution in [0.25, 0.3) is 0 Å². The Balaban J connectivity index is 2.19. The van der Waals surface area contributed by atoms with Crippen molar-refractivity contribution in [2.24, 2.45) is 0 Å². The van der Waals surface area contributed by atoms with Gasteiger partial charge in [0.2, 0.25) is 10.1 Å². The van der Waals surface area contributed by atoms with Crippen LogP contribution in [-0.4, -0.2) is 28.1 Å². The van der Waals surface area contributed by atoms with Gasteiger partial charge in [-0.3, -0.25) is 14.9 Å². The summed E-state index contributed by atoms with van der Waals surface area (Å²) >= 11 is 6.75. The summed E-state index contributed by atoms with van der Waals surface area (Å²) < 4.78 is 0. The zero-order valence-corrected chi connectivity index (χ0v) is 11.7. The number of hydrogen-bond acceptors (Lipinski definition) is 7. The number of nitrogens with one attached hydrogen (secondary N) is 2. The largest absolute Gasteiger partial charge is 0.363 e. The van der Waals surface area contributed by atoms with Gasteiger partial charge in [0.05, 0.1) is 4.92 Å². The molecule has 20 heavy (non-hydrogen) atoms. The minimum Gasteiger partial charge on any atom is -0.363 e. The van der Waals surface area contributed by atoms with E-state index in [9.17, 15) is 14.9 Å². The lowest BCUT2D eigenvalue weighted by Crippen LogP contribution is -2.11. The van der Waals surface area contributed by atoms with Gasteiger partial charge < -0.3 is 10.6 Å². The molecule has 0 aliphatic carbocycles. The summed E-state index contributed by atoms with van der Waals surface area (Å²) in [4.78, 5) is 22.0. The predicted octanol–water partition coefficient (Wildman–Crippen LogP) is 2.39. The maximum absolute atomic E-state index is 11.9. The topological polar surface area (TPSA) is 110 Å². The molecule has 104 valence electrons. The molecule has 0 aliphatic heterocycles. The lowest BCUT2D eigenvalue weighted by Gasteiger charge is -2.03. The van der Waals surface area contributed by atoms with Crippen molar-refractivity contribution in [1.29, 1.82) is 0 Å². The van der Waals surface area contributed by atoms with Crippen LogP contribution in [0.2, 0.25) is 5.02 Å². The Morgan fingerprint density at radius 3 is 2.80 bits per heavy atom. The summed E-state index contributed by atoms with van der Waals surface area (Å²) in [7, 11) is 1.66. The van der Waals surface area contributed by atoms with E-state index in [4.69, 9.17) is 11.6 Å². The van der Waals surface area contributed by atoms with Crippen LogP contribution in [0.1, 0.15) is 9.80 Å². The number of benzene rings is 1. The molecular formula is C10H8ClN5O3S. The van der Waals surface area contributed by atoms with Crippen LogP contribution < -0.4 is 10.6 Å². The molecule has 0 fully saturated rings. The third kappa shape index (κ3) is 3.00.